The summed E-state index contributed by atoms with van der Waals surface area (Å²) in [6, 6.07) is 1.86. The van der Waals surface area contributed by atoms with Gasteiger partial charge in [0.2, 0.25) is 10.0 Å². The largest absolute Gasteiger partial charge is 0.349 e. The molecule has 1 aliphatic rings. The van der Waals surface area contributed by atoms with E-state index in [1.165, 1.54) is 0 Å². The molecule has 1 fully saturated rings. The summed E-state index contributed by atoms with van der Waals surface area (Å²) in [6.45, 7) is 5.78. The van der Waals surface area contributed by atoms with Gasteiger partial charge in [-0.15, -0.1) is 0 Å². The molecule has 5 nitrogen and oxygen atoms in total. The van der Waals surface area contributed by atoms with Crippen LogP contribution in [0.3, 0.4) is 0 Å². The zero-order valence-corrected chi connectivity index (χ0v) is 13.2. The summed E-state index contributed by atoms with van der Waals surface area (Å²) >= 11 is 0. The van der Waals surface area contributed by atoms with Gasteiger partial charge in [0.05, 0.1) is 0 Å². The number of nitrogens with two attached hydrogens (primary N) is 1. The number of aryl methyl sites for hydroxylation is 1. The molecule has 6 heteroatoms. The van der Waals surface area contributed by atoms with Gasteiger partial charge in [0.25, 0.3) is 0 Å². The molecule has 114 valence electrons. The van der Waals surface area contributed by atoms with Crippen molar-refractivity contribution in [2.45, 2.75) is 63.6 Å². The van der Waals surface area contributed by atoms with E-state index in [1.54, 1.807) is 16.6 Å². The van der Waals surface area contributed by atoms with E-state index in [0.29, 0.717) is 18.0 Å². The Kier molecular flexibility index (Phi) is 4.88. The van der Waals surface area contributed by atoms with Gasteiger partial charge in [0.15, 0.2) is 0 Å². The van der Waals surface area contributed by atoms with Gasteiger partial charge in [-0.05, 0) is 32.3 Å². The van der Waals surface area contributed by atoms with Gasteiger partial charge in [0, 0.05) is 37.6 Å². The Hall–Kier alpha value is -0.850. The maximum atomic E-state index is 12.8. The molecule has 1 aromatic heterocycles. The first-order valence-corrected chi connectivity index (χ1v) is 8.89. The van der Waals surface area contributed by atoms with Crippen molar-refractivity contribution in [1.29, 1.82) is 0 Å². The van der Waals surface area contributed by atoms with Crippen LogP contribution in [-0.4, -0.2) is 29.9 Å². The van der Waals surface area contributed by atoms with Crippen LogP contribution in [0.25, 0.3) is 0 Å². The monoisotopic (exact) mass is 299 g/mol. The van der Waals surface area contributed by atoms with Crippen LogP contribution in [0.2, 0.25) is 0 Å². The summed E-state index contributed by atoms with van der Waals surface area (Å²) in [4.78, 5) is 0.389. The predicted octanol–water partition coefficient (Wildman–Crippen LogP) is 1.92. The molecule has 0 aliphatic carbocycles. The molecule has 0 bridgehead atoms. The predicted molar refractivity (Wildman–Crippen MR) is 79.8 cm³/mol. The third-order valence-corrected chi connectivity index (χ3v) is 6.08. The summed E-state index contributed by atoms with van der Waals surface area (Å²) in [7, 11) is -3.39. The maximum Gasteiger partial charge on any atom is 0.244 e. The second kappa shape index (κ2) is 6.28. The first-order chi connectivity index (χ1) is 9.54. The molecule has 1 aromatic rings. The van der Waals surface area contributed by atoms with Gasteiger partial charge in [-0.25, -0.2) is 8.42 Å². The lowest BCUT2D eigenvalue weighted by molar-refractivity contribution is 0.246. The molecule has 1 unspecified atom stereocenters. The smallest absolute Gasteiger partial charge is 0.244 e. The summed E-state index contributed by atoms with van der Waals surface area (Å²) in [5.41, 5.74) is 6.56. The van der Waals surface area contributed by atoms with Crippen molar-refractivity contribution in [2.24, 2.45) is 5.73 Å². The molecule has 0 saturated carbocycles. The number of rotatable bonds is 5. The summed E-state index contributed by atoms with van der Waals surface area (Å²) in [5, 5.41) is 0. The van der Waals surface area contributed by atoms with Crippen LogP contribution in [0.5, 0.6) is 0 Å². The molecule has 1 aliphatic heterocycles. The number of nitrogens with zero attached hydrogens (tertiary/aromatic N) is 2. The molecule has 0 spiro atoms. The van der Waals surface area contributed by atoms with Crippen LogP contribution in [0.1, 0.15) is 45.2 Å². The van der Waals surface area contributed by atoms with Crippen LogP contribution in [0, 0.1) is 0 Å². The quantitative estimate of drug-likeness (QED) is 0.903. The Labute approximate surface area is 121 Å². The number of piperidine rings is 1. The molecule has 1 atom stereocenters. The van der Waals surface area contributed by atoms with Crippen molar-refractivity contribution in [3.63, 3.8) is 0 Å². The molecular weight excluding hydrogens is 274 g/mol. The number of hydrogen-bond acceptors (Lipinski definition) is 3. The van der Waals surface area contributed by atoms with E-state index in [-0.39, 0.29) is 6.04 Å². The van der Waals surface area contributed by atoms with Crippen molar-refractivity contribution in [2.75, 3.05) is 6.54 Å². The summed E-state index contributed by atoms with van der Waals surface area (Å²) < 4.78 is 29.3. The highest BCUT2D eigenvalue weighted by molar-refractivity contribution is 7.89. The molecular formula is C14H25N3O2S. The first-order valence-electron chi connectivity index (χ1n) is 7.45. The average molecular weight is 299 g/mol. The lowest BCUT2D eigenvalue weighted by Crippen LogP contribution is -2.43. The lowest BCUT2D eigenvalue weighted by atomic mass is 10.0. The first kappa shape index (κ1) is 15.5. The third kappa shape index (κ3) is 2.77. The van der Waals surface area contributed by atoms with Crippen LogP contribution in [0.4, 0.5) is 0 Å². The van der Waals surface area contributed by atoms with E-state index >= 15 is 0 Å². The molecule has 0 radical (unpaired) electrons. The number of sulfonamides is 1. The van der Waals surface area contributed by atoms with Crippen LogP contribution >= 0.6 is 0 Å². The number of aromatic nitrogens is 1. The molecule has 1 saturated heterocycles. The Morgan fingerprint density at radius 3 is 2.65 bits per heavy atom. The standard InChI is InChI=1S/C14H25N3O2S/c1-3-12-7-5-6-8-17(12)20(18,19)14-9-13(10-15)16(4-2)11-14/h9,11-12H,3-8,10,15H2,1-2H3. The Morgan fingerprint density at radius 2 is 2.10 bits per heavy atom. The minimum absolute atomic E-state index is 0.139. The molecule has 2 N–H and O–H groups in total. The fourth-order valence-electron chi connectivity index (χ4n) is 2.97. The van der Waals surface area contributed by atoms with E-state index in [0.717, 1.165) is 37.9 Å². The van der Waals surface area contributed by atoms with Gasteiger partial charge in [-0.2, -0.15) is 4.31 Å². The Morgan fingerprint density at radius 1 is 1.35 bits per heavy atom. The molecule has 0 aromatic carbocycles. The van der Waals surface area contributed by atoms with Gasteiger partial charge in [-0.3, -0.25) is 0 Å². The van der Waals surface area contributed by atoms with E-state index in [2.05, 4.69) is 6.92 Å². The van der Waals surface area contributed by atoms with Crippen molar-refractivity contribution in [3.05, 3.63) is 18.0 Å². The average Bonchev–Trinajstić information content (AvgIpc) is 2.91. The van der Waals surface area contributed by atoms with E-state index in [4.69, 9.17) is 5.73 Å². The van der Waals surface area contributed by atoms with Crippen molar-refractivity contribution < 1.29 is 8.42 Å². The highest BCUT2D eigenvalue weighted by Gasteiger charge is 2.33. The molecule has 0 amide bonds. The molecule has 2 rings (SSSR count). The SMILES string of the molecule is CCC1CCCCN1S(=O)(=O)c1cc(CN)n(CC)c1. The van der Waals surface area contributed by atoms with E-state index in [1.807, 2.05) is 11.5 Å². The van der Waals surface area contributed by atoms with Crippen LogP contribution < -0.4 is 5.73 Å². The second-order valence-corrected chi connectivity index (χ2v) is 7.22. The third-order valence-electron chi connectivity index (χ3n) is 4.16. The van der Waals surface area contributed by atoms with Gasteiger partial charge in [0.1, 0.15) is 4.90 Å². The van der Waals surface area contributed by atoms with Crippen LogP contribution in [-0.2, 0) is 23.1 Å². The van der Waals surface area contributed by atoms with Gasteiger partial charge in [-0.1, -0.05) is 13.3 Å². The highest BCUT2D eigenvalue weighted by Crippen LogP contribution is 2.27. The van der Waals surface area contributed by atoms with Crippen LogP contribution in [0.15, 0.2) is 17.2 Å². The second-order valence-electron chi connectivity index (χ2n) is 5.33. The maximum absolute atomic E-state index is 12.8. The minimum atomic E-state index is -3.39. The highest BCUT2D eigenvalue weighted by atomic mass is 32.2. The van der Waals surface area contributed by atoms with Gasteiger partial charge < -0.3 is 10.3 Å². The summed E-state index contributed by atoms with van der Waals surface area (Å²) in [6.07, 6.45) is 5.63. The fourth-order valence-corrected chi connectivity index (χ4v) is 4.80. The molecule has 2 heterocycles. The zero-order valence-electron chi connectivity index (χ0n) is 12.4. The Bertz CT molecular complexity index is 529. The van der Waals surface area contributed by atoms with Crippen molar-refractivity contribution in [1.82, 2.24) is 8.87 Å². The van der Waals surface area contributed by atoms with Crippen molar-refractivity contribution >= 4 is 10.0 Å². The van der Waals surface area contributed by atoms with Gasteiger partial charge >= 0.3 is 0 Å². The normalized spacial score (nSPS) is 21.2. The van der Waals surface area contributed by atoms with Crippen molar-refractivity contribution in [3.8, 4) is 0 Å². The minimum Gasteiger partial charge on any atom is -0.349 e. The van der Waals surface area contributed by atoms with E-state index < -0.39 is 10.0 Å². The van der Waals surface area contributed by atoms with E-state index in [9.17, 15) is 8.42 Å². The molecule has 20 heavy (non-hydrogen) atoms. The topological polar surface area (TPSA) is 68.3 Å². The lowest BCUT2D eigenvalue weighted by Gasteiger charge is -2.33. The Balaban J connectivity index is 2.36. The fraction of sp³-hybridized carbons (Fsp3) is 0.714. The zero-order chi connectivity index (χ0) is 14.8. The summed E-state index contributed by atoms with van der Waals surface area (Å²) in [5.74, 6) is 0. The number of hydrogen-bond donors (Lipinski definition) is 1.